The van der Waals surface area contributed by atoms with Gasteiger partial charge in [-0.3, -0.25) is 0 Å². The van der Waals surface area contributed by atoms with Gasteiger partial charge in [-0.1, -0.05) is 6.07 Å². The number of methoxy groups -OCH3 is 1. The highest BCUT2D eigenvalue weighted by Crippen LogP contribution is 2.25. The van der Waals surface area contributed by atoms with Crippen LogP contribution in [0.1, 0.15) is 29.5 Å². The van der Waals surface area contributed by atoms with Gasteiger partial charge in [0.15, 0.2) is 0 Å². The maximum atomic E-state index is 12.7. The van der Waals surface area contributed by atoms with Gasteiger partial charge in [-0.25, -0.2) is 13.1 Å². The van der Waals surface area contributed by atoms with E-state index in [1.807, 2.05) is 36.5 Å². The molecule has 3 aromatic rings. The van der Waals surface area contributed by atoms with Crippen LogP contribution in [0.2, 0.25) is 0 Å². The monoisotopic (exact) mass is 384 g/mol. The average molecular weight is 385 g/mol. The molecule has 1 aliphatic rings. The lowest BCUT2D eigenvalue weighted by molar-refractivity contribution is 0.415. The summed E-state index contributed by atoms with van der Waals surface area (Å²) in [6.07, 6.45) is 6.87. The molecule has 0 spiro atoms. The number of hydrogen-bond acceptors (Lipinski definition) is 3. The van der Waals surface area contributed by atoms with E-state index in [-0.39, 0.29) is 0 Å². The van der Waals surface area contributed by atoms with Gasteiger partial charge < -0.3 is 9.72 Å². The van der Waals surface area contributed by atoms with E-state index in [1.54, 1.807) is 13.2 Å². The number of hydrogen-bond donors (Lipinski definition) is 2. The Kier molecular flexibility index (Phi) is 4.93. The highest BCUT2D eigenvalue weighted by molar-refractivity contribution is 7.89. The zero-order valence-electron chi connectivity index (χ0n) is 15.4. The molecule has 4 rings (SSSR count). The average Bonchev–Trinajstić information content (AvgIpc) is 3.09. The van der Waals surface area contributed by atoms with E-state index in [0.29, 0.717) is 17.9 Å². The number of nitrogens with one attached hydrogen (secondary N) is 2. The number of benzene rings is 2. The number of ether oxygens (including phenoxy) is 1. The number of sulfonamides is 1. The van der Waals surface area contributed by atoms with Gasteiger partial charge >= 0.3 is 0 Å². The second kappa shape index (κ2) is 7.37. The number of H-pyrrole nitrogens is 1. The summed E-state index contributed by atoms with van der Waals surface area (Å²) in [5.41, 5.74) is 4.54. The summed E-state index contributed by atoms with van der Waals surface area (Å²) in [5.74, 6) is 0.790. The van der Waals surface area contributed by atoms with E-state index in [9.17, 15) is 8.42 Å². The molecular weight excluding hydrogens is 360 g/mol. The molecule has 142 valence electrons. The molecule has 2 N–H and O–H groups in total. The topological polar surface area (TPSA) is 71.2 Å². The SMILES string of the molecule is COc1ccc2[nH]cc(CCNS(=O)(=O)c3ccc4c(c3)CCCC4)c2c1. The van der Waals surface area contributed by atoms with E-state index in [2.05, 4.69) is 9.71 Å². The van der Waals surface area contributed by atoms with Crippen LogP contribution in [0.4, 0.5) is 0 Å². The second-order valence-electron chi connectivity index (χ2n) is 7.01. The van der Waals surface area contributed by atoms with Crippen molar-refractivity contribution in [2.45, 2.75) is 37.0 Å². The van der Waals surface area contributed by atoms with E-state index in [0.717, 1.165) is 41.5 Å². The summed E-state index contributed by atoms with van der Waals surface area (Å²) >= 11 is 0. The lowest BCUT2D eigenvalue weighted by Gasteiger charge is -2.16. The molecule has 6 heteroatoms. The summed E-state index contributed by atoms with van der Waals surface area (Å²) < 4.78 is 33.4. The largest absolute Gasteiger partial charge is 0.497 e. The minimum atomic E-state index is -3.50. The van der Waals surface area contributed by atoms with Crippen LogP contribution in [0, 0.1) is 0 Å². The van der Waals surface area contributed by atoms with E-state index in [4.69, 9.17) is 4.74 Å². The van der Waals surface area contributed by atoms with Gasteiger partial charge in [-0.05, 0) is 79.1 Å². The van der Waals surface area contributed by atoms with Gasteiger partial charge in [0, 0.05) is 23.6 Å². The molecule has 0 aliphatic heterocycles. The molecule has 0 fully saturated rings. The van der Waals surface area contributed by atoms with E-state index >= 15 is 0 Å². The maximum Gasteiger partial charge on any atom is 0.240 e. The van der Waals surface area contributed by atoms with Crippen molar-refractivity contribution in [2.75, 3.05) is 13.7 Å². The Morgan fingerprint density at radius 1 is 1.07 bits per heavy atom. The molecule has 2 aromatic carbocycles. The fourth-order valence-corrected chi connectivity index (χ4v) is 4.85. The third-order valence-electron chi connectivity index (χ3n) is 5.29. The first-order valence-corrected chi connectivity index (χ1v) is 10.8. The molecule has 0 radical (unpaired) electrons. The van der Waals surface area contributed by atoms with Crippen molar-refractivity contribution in [1.82, 2.24) is 9.71 Å². The molecular formula is C21H24N2O3S. The van der Waals surface area contributed by atoms with Crippen molar-refractivity contribution in [2.24, 2.45) is 0 Å². The molecule has 1 aliphatic carbocycles. The van der Waals surface area contributed by atoms with Gasteiger partial charge in [-0.2, -0.15) is 0 Å². The fourth-order valence-electron chi connectivity index (χ4n) is 3.77. The zero-order valence-corrected chi connectivity index (χ0v) is 16.2. The molecule has 5 nitrogen and oxygen atoms in total. The first-order valence-electron chi connectivity index (χ1n) is 9.32. The van der Waals surface area contributed by atoms with Gasteiger partial charge in [-0.15, -0.1) is 0 Å². The van der Waals surface area contributed by atoms with Gasteiger partial charge in [0.05, 0.1) is 12.0 Å². The highest BCUT2D eigenvalue weighted by Gasteiger charge is 2.17. The maximum absolute atomic E-state index is 12.7. The summed E-state index contributed by atoms with van der Waals surface area (Å²) in [4.78, 5) is 3.58. The van der Waals surface area contributed by atoms with E-state index in [1.165, 1.54) is 17.5 Å². The predicted molar refractivity (Wildman–Crippen MR) is 107 cm³/mol. The summed E-state index contributed by atoms with van der Waals surface area (Å²) in [6, 6.07) is 11.4. The molecule has 0 bridgehead atoms. The third kappa shape index (κ3) is 3.73. The predicted octanol–water partition coefficient (Wildman–Crippen LogP) is 3.58. The van der Waals surface area contributed by atoms with Crippen LogP contribution in [0.3, 0.4) is 0 Å². The Labute approximate surface area is 159 Å². The molecule has 0 atom stereocenters. The Hall–Kier alpha value is -2.31. The second-order valence-corrected chi connectivity index (χ2v) is 8.78. The number of aromatic nitrogens is 1. The van der Waals surface area contributed by atoms with Crippen molar-refractivity contribution < 1.29 is 13.2 Å². The van der Waals surface area contributed by atoms with Crippen LogP contribution >= 0.6 is 0 Å². The lowest BCUT2D eigenvalue weighted by Crippen LogP contribution is -2.26. The van der Waals surface area contributed by atoms with Gasteiger partial charge in [0.25, 0.3) is 0 Å². The van der Waals surface area contributed by atoms with Crippen molar-refractivity contribution in [3.8, 4) is 5.75 Å². The summed E-state index contributed by atoms with van der Waals surface area (Å²) in [7, 11) is -1.86. The van der Waals surface area contributed by atoms with Crippen LogP contribution in [0.5, 0.6) is 5.75 Å². The minimum Gasteiger partial charge on any atom is -0.497 e. The molecule has 1 aromatic heterocycles. The first kappa shape index (κ1) is 18.1. The Bertz CT molecular complexity index is 1070. The van der Waals surface area contributed by atoms with Crippen LogP contribution in [-0.2, 0) is 29.3 Å². The third-order valence-corrected chi connectivity index (χ3v) is 6.75. The number of rotatable bonds is 6. The Morgan fingerprint density at radius 3 is 2.70 bits per heavy atom. The van der Waals surface area contributed by atoms with Crippen molar-refractivity contribution in [3.63, 3.8) is 0 Å². The molecule has 0 saturated carbocycles. The minimum absolute atomic E-state index is 0.351. The van der Waals surface area contributed by atoms with Crippen LogP contribution < -0.4 is 9.46 Å². The molecule has 0 amide bonds. The van der Waals surface area contributed by atoms with E-state index < -0.39 is 10.0 Å². The lowest BCUT2D eigenvalue weighted by atomic mass is 9.92. The van der Waals surface area contributed by atoms with Gasteiger partial charge in [0.1, 0.15) is 5.75 Å². The number of aryl methyl sites for hydroxylation is 2. The van der Waals surface area contributed by atoms with Crippen molar-refractivity contribution in [1.29, 1.82) is 0 Å². The summed E-state index contributed by atoms with van der Waals surface area (Å²) in [6.45, 7) is 0.351. The normalized spacial score (nSPS) is 14.3. The fraction of sp³-hybridized carbons (Fsp3) is 0.333. The van der Waals surface area contributed by atoms with Crippen LogP contribution in [0.25, 0.3) is 10.9 Å². The Morgan fingerprint density at radius 2 is 1.89 bits per heavy atom. The molecule has 0 saturated heterocycles. The quantitative estimate of drug-likeness (QED) is 0.682. The van der Waals surface area contributed by atoms with Crippen LogP contribution in [-0.4, -0.2) is 27.1 Å². The number of fused-ring (bicyclic) bond motifs is 2. The van der Waals surface area contributed by atoms with Gasteiger partial charge in [0.2, 0.25) is 10.0 Å². The number of aromatic amines is 1. The van der Waals surface area contributed by atoms with Crippen molar-refractivity contribution in [3.05, 3.63) is 59.3 Å². The van der Waals surface area contributed by atoms with Crippen LogP contribution in [0.15, 0.2) is 47.5 Å². The molecule has 1 heterocycles. The van der Waals surface area contributed by atoms with Crippen molar-refractivity contribution >= 4 is 20.9 Å². The smallest absolute Gasteiger partial charge is 0.240 e. The summed E-state index contributed by atoms with van der Waals surface area (Å²) in [5, 5.41) is 1.06. The highest BCUT2D eigenvalue weighted by atomic mass is 32.2. The Balaban J connectivity index is 1.47. The first-order chi connectivity index (χ1) is 13.1. The zero-order chi connectivity index (χ0) is 18.9. The standard InChI is InChI=1S/C21H24N2O3S/c1-26-18-7-9-21-20(13-18)17(14-22-21)10-11-23-27(24,25)19-8-6-15-4-2-3-5-16(15)12-19/h6-9,12-14,22-23H,2-5,10-11H2,1H3. The molecule has 27 heavy (non-hydrogen) atoms. The molecule has 0 unspecified atom stereocenters.